The number of carbonyl (C=O) groups is 3. The van der Waals surface area contributed by atoms with Crippen LogP contribution in [0, 0.1) is 5.92 Å². The highest BCUT2D eigenvalue weighted by molar-refractivity contribution is 9.10. The molecule has 25 heavy (non-hydrogen) atoms. The minimum Gasteiger partial charge on any atom is -0.346 e. The lowest BCUT2D eigenvalue weighted by Gasteiger charge is -2.17. The summed E-state index contributed by atoms with van der Waals surface area (Å²) in [6, 6.07) is 7.02. The zero-order chi connectivity index (χ0) is 18.6. The van der Waals surface area contributed by atoms with E-state index in [4.69, 9.17) is 0 Å². The van der Waals surface area contributed by atoms with Gasteiger partial charge in [-0.3, -0.25) is 14.4 Å². The fraction of sp³-hybridized carbons (Fsp3) is 0.400. The van der Waals surface area contributed by atoms with Gasteiger partial charge in [-0.15, -0.1) is 0 Å². The number of carbonyl (C=O) groups excluding carboxylic acids is 3. The van der Waals surface area contributed by atoms with E-state index in [9.17, 15) is 27.6 Å². The van der Waals surface area contributed by atoms with Gasteiger partial charge in [-0.05, 0) is 24.6 Å². The quantitative estimate of drug-likeness (QED) is 0.708. The Morgan fingerprint density at radius 1 is 1.28 bits per heavy atom. The van der Waals surface area contributed by atoms with Crippen LogP contribution in [0.1, 0.15) is 6.42 Å². The SMILES string of the molecule is O=C(CNC(=O)C1CCN(c2cccc(Br)c2)C1=O)NCC(F)(F)F. The molecular weight excluding hydrogens is 407 g/mol. The van der Waals surface area contributed by atoms with E-state index in [1.165, 1.54) is 4.90 Å². The number of anilines is 1. The zero-order valence-electron chi connectivity index (χ0n) is 12.9. The summed E-state index contributed by atoms with van der Waals surface area (Å²) in [5.41, 5.74) is 0.637. The first-order valence-electron chi connectivity index (χ1n) is 7.35. The molecule has 0 radical (unpaired) electrons. The van der Waals surface area contributed by atoms with Crippen LogP contribution in [0.2, 0.25) is 0 Å². The number of amides is 3. The maximum atomic E-state index is 12.4. The first-order chi connectivity index (χ1) is 11.7. The van der Waals surface area contributed by atoms with E-state index < -0.39 is 42.9 Å². The maximum Gasteiger partial charge on any atom is 0.405 e. The zero-order valence-corrected chi connectivity index (χ0v) is 14.5. The van der Waals surface area contributed by atoms with Crippen molar-refractivity contribution in [2.45, 2.75) is 12.6 Å². The molecule has 1 unspecified atom stereocenters. The molecule has 0 bridgehead atoms. The lowest BCUT2D eigenvalue weighted by molar-refractivity contribution is -0.139. The van der Waals surface area contributed by atoms with E-state index >= 15 is 0 Å². The van der Waals surface area contributed by atoms with Gasteiger partial charge in [-0.25, -0.2) is 0 Å². The molecule has 2 rings (SSSR count). The molecular formula is C15H15BrF3N3O3. The highest BCUT2D eigenvalue weighted by Crippen LogP contribution is 2.27. The summed E-state index contributed by atoms with van der Waals surface area (Å²) in [6.45, 7) is -1.75. The van der Waals surface area contributed by atoms with Crippen molar-refractivity contribution in [3.05, 3.63) is 28.7 Å². The van der Waals surface area contributed by atoms with Crippen LogP contribution in [0.4, 0.5) is 18.9 Å². The topological polar surface area (TPSA) is 78.5 Å². The van der Waals surface area contributed by atoms with E-state index in [2.05, 4.69) is 21.2 Å². The third-order valence-electron chi connectivity index (χ3n) is 3.55. The summed E-state index contributed by atoms with van der Waals surface area (Å²) >= 11 is 3.30. The van der Waals surface area contributed by atoms with E-state index in [-0.39, 0.29) is 6.42 Å². The molecule has 1 saturated heterocycles. The summed E-state index contributed by atoms with van der Waals surface area (Å²) < 4.78 is 36.8. The van der Waals surface area contributed by atoms with E-state index in [1.807, 2.05) is 0 Å². The lowest BCUT2D eigenvalue weighted by atomic mass is 10.1. The van der Waals surface area contributed by atoms with Gasteiger partial charge in [0.05, 0.1) is 6.54 Å². The first-order valence-corrected chi connectivity index (χ1v) is 8.15. The van der Waals surface area contributed by atoms with E-state index in [1.54, 1.807) is 29.6 Å². The number of alkyl halides is 3. The van der Waals surface area contributed by atoms with Crippen LogP contribution in [0.3, 0.4) is 0 Å². The van der Waals surface area contributed by atoms with Crippen molar-refractivity contribution >= 4 is 39.3 Å². The van der Waals surface area contributed by atoms with Crippen molar-refractivity contribution in [3.8, 4) is 0 Å². The predicted molar refractivity (Wildman–Crippen MR) is 86.7 cm³/mol. The molecule has 1 aliphatic heterocycles. The number of hydrogen-bond acceptors (Lipinski definition) is 3. The monoisotopic (exact) mass is 421 g/mol. The molecule has 0 aromatic heterocycles. The Kier molecular flexibility index (Phi) is 6.04. The standard InChI is InChI=1S/C15H15BrF3N3O3/c16-9-2-1-3-10(6-9)22-5-4-11(14(22)25)13(24)20-7-12(23)21-8-15(17,18)19/h1-3,6,11H,4-5,7-8H2,(H,20,24)(H,21,23). The van der Waals surface area contributed by atoms with Crippen molar-refractivity contribution in [1.82, 2.24) is 10.6 Å². The van der Waals surface area contributed by atoms with Crippen molar-refractivity contribution < 1.29 is 27.6 Å². The second-order valence-electron chi connectivity index (χ2n) is 5.42. The Balaban J connectivity index is 1.87. The predicted octanol–water partition coefficient (Wildman–Crippen LogP) is 1.60. The van der Waals surface area contributed by atoms with Crippen molar-refractivity contribution in [3.63, 3.8) is 0 Å². The largest absolute Gasteiger partial charge is 0.405 e. The summed E-state index contributed by atoms with van der Waals surface area (Å²) in [4.78, 5) is 37.1. The molecule has 136 valence electrons. The Hall–Kier alpha value is -2.10. The summed E-state index contributed by atoms with van der Waals surface area (Å²) in [7, 11) is 0. The van der Waals surface area contributed by atoms with Crippen LogP contribution < -0.4 is 15.5 Å². The molecule has 10 heteroatoms. The number of hydrogen-bond donors (Lipinski definition) is 2. The molecule has 6 nitrogen and oxygen atoms in total. The van der Waals surface area contributed by atoms with Gasteiger partial charge >= 0.3 is 6.18 Å². The number of rotatable bonds is 5. The van der Waals surface area contributed by atoms with Gasteiger partial charge in [-0.1, -0.05) is 22.0 Å². The summed E-state index contributed by atoms with van der Waals surface area (Å²) in [6.07, 6.45) is -4.26. The molecule has 3 amide bonds. The summed E-state index contributed by atoms with van der Waals surface area (Å²) in [5, 5.41) is 3.84. The van der Waals surface area contributed by atoms with Crippen LogP contribution in [0.25, 0.3) is 0 Å². The number of nitrogens with zero attached hydrogens (tertiary/aromatic N) is 1. The van der Waals surface area contributed by atoms with Crippen molar-refractivity contribution in [1.29, 1.82) is 0 Å². The van der Waals surface area contributed by atoms with Gasteiger partial charge in [0.25, 0.3) is 0 Å². The normalized spacial score (nSPS) is 17.5. The van der Waals surface area contributed by atoms with Gasteiger partial charge in [0, 0.05) is 16.7 Å². The van der Waals surface area contributed by atoms with Crippen LogP contribution >= 0.6 is 15.9 Å². The molecule has 0 spiro atoms. The molecule has 1 aromatic rings. The third-order valence-corrected chi connectivity index (χ3v) is 4.04. The lowest BCUT2D eigenvalue weighted by Crippen LogP contribution is -2.43. The minimum atomic E-state index is -4.52. The van der Waals surface area contributed by atoms with Gasteiger partial charge in [-0.2, -0.15) is 13.2 Å². The highest BCUT2D eigenvalue weighted by atomic mass is 79.9. The second kappa shape index (κ2) is 7.85. The molecule has 1 aliphatic rings. The van der Waals surface area contributed by atoms with Gasteiger partial charge in [0.2, 0.25) is 17.7 Å². The molecule has 2 N–H and O–H groups in total. The Bertz CT molecular complexity index is 681. The van der Waals surface area contributed by atoms with Crippen molar-refractivity contribution in [2.24, 2.45) is 5.92 Å². The van der Waals surface area contributed by atoms with Gasteiger partial charge in [0.15, 0.2) is 0 Å². The number of nitrogens with one attached hydrogen (secondary N) is 2. The highest BCUT2D eigenvalue weighted by Gasteiger charge is 2.37. The summed E-state index contributed by atoms with van der Waals surface area (Å²) in [5.74, 6) is -3.02. The average molecular weight is 422 g/mol. The molecule has 1 fully saturated rings. The third kappa shape index (κ3) is 5.45. The maximum absolute atomic E-state index is 12.4. The minimum absolute atomic E-state index is 0.265. The van der Waals surface area contributed by atoms with Gasteiger partial charge < -0.3 is 15.5 Å². The molecule has 0 saturated carbocycles. The fourth-order valence-corrected chi connectivity index (χ4v) is 2.76. The molecule has 1 heterocycles. The fourth-order valence-electron chi connectivity index (χ4n) is 2.38. The van der Waals surface area contributed by atoms with E-state index in [0.29, 0.717) is 12.2 Å². The average Bonchev–Trinajstić information content (AvgIpc) is 2.91. The van der Waals surface area contributed by atoms with Crippen LogP contribution in [-0.2, 0) is 14.4 Å². The first kappa shape index (κ1) is 19.2. The Morgan fingerprint density at radius 2 is 2.00 bits per heavy atom. The second-order valence-corrected chi connectivity index (χ2v) is 6.34. The molecule has 1 aromatic carbocycles. The van der Waals surface area contributed by atoms with Crippen LogP contribution in [-0.4, -0.2) is 43.5 Å². The van der Waals surface area contributed by atoms with Gasteiger partial charge in [0.1, 0.15) is 12.5 Å². The van der Waals surface area contributed by atoms with Crippen molar-refractivity contribution in [2.75, 3.05) is 24.5 Å². The van der Waals surface area contributed by atoms with Crippen LogP contribution in [0.5, 0.6) is 0 Å². The molecule has 1 atom stereocenters. The van der Waals surface area contributed by atoms with E-state index in [0.717, 1.165) is 4.47 Å². The van der Waals surface area contributed by atoms with Crippen LogP contribution in [0.15, 0.2) is 28.7 Å². The smallest absolute Gasteiger partial charge is 0.346 e. The Labute approximate surface area is 149 Å². The number of halogens is 4. The molecule has 0 aliphatic carbocycles. The number of benzene rings is 1. The Morgan fingerprint density at radius 3 is 2.64 bits per heavy atom.